The number of aromatic nitrogens is 1. The average molecular weight is 443 g/mol. The Hall–Kier alpha value is -4.13. The van der Waals surface area contributed by atoms with Gasteiger partial charge in [0, 0.05) is 31.7 Å². The first-order chi connectivity index (χ1) is 16.0. The number of nitrogens with one attached hydrogen (secondary N) is 1. The van der Waals surface area contributed by atoms with E-state index in [1.54, 1.807) is 42.6 Å². The zero-order valence-corrected chi connectivity index (χ0v) is 18.9. The van der Waals surface area contributed by atoms with E-state index in [0.717, 1.165) is 11.4 Å². The number of amides is 2. The molecule has 4 rings (SSSR count). The van der Waals surface area contributed by atoms with Crippen molar-refractivity contribution in [1.29, 1.82) is 0 Å². The number of carbonyl (C=O) groups is 2. The van der Waals surface area contributed by atoms with Crippen LogP contribution in [0.3, 0.4) is 0 Å². The number of imide groups is 1. The maximum atomic E-state index is 13.4. The van der Waals surface area contributed by atoms with Crippen molar-refractivity contribution in [2.75, 3.05) is 30.9 Å². The van der Waals surface area contributed by atoms with Gasteiger partial charge in [0.25, 0.3) is 11.8 Å². The number of ether oxygens (including phenoxy) is 1. The minimum Gasteiger partial charge on any atom is -0.494 e. The smallest absolute Gasteiger partial charge is 0.278 e. The van der Waals surface area contributed by atoms with Crippen LogP contribution in [0.1, 0.15) is 18.2 Å². The molecule has 2 amide bonds. The van der Waals surface area contributed by atoms with Crippen LogP contribution < -0.4 is 15.0 Å². The number of hydrogen-bond acceptors (Lipinski definition) is 6. The van der Waals surface area contributed by atoms with E-state index in [-0.39, 0.29) is 24.1 Å². The van der Waals surface area contributed by atoms with Gasteiger partial charge >= 0.3 is 0 Å². The molecule has 33 heavy (non-hydrogen) atoms. The molecule has 0 aliphatic carbocycles. The van der Waals surface area contributed by atoms with Crippen LogP contribution in [0, 0.1) is 0 Å². The van der Waals surface area contributed by atoms with Crippen molar-refractivity contribution in [3.05, 3.63) is 89.9 Å². The number of nitrogens with zero attached hydrogens (tertiary/aromatic N) is 3. The largest absolute Gasteiger partial charge is 0.494 e. The molecule has 0 saturated heterocycles. The summed E-state index contributed by atoms with van der Waals surface area (Å²) < 4.78 is 5.52. The van der Waals surface area contributed by atoms with E-state index >= 15 is 0 Å². The highest BCUT2D eigenvalue weighted by Gasteiger charge is 2.39. The van der Waals surface area contributed by atoms with Crippen molar-refractivity contribution in [3.63, 3.8) is 0 Å². The van der Waals surface area contributed by atoms with Crippen molar-refractivity contribution >= 4 is 28.8 Å². The summed E-state index contributed by atoms with van der Waals surface area (Å²) in [4.78, 5) is 34.3. The molecule has 0 radical (unpaired) electrons. The van der Waals surface area contributed by atoms with Gasteiger partial charge in [0.15, 0.2) is 0 Å². The number of rotatable bonds is 8. The fraction of sp³-hybridized carbons (Fsp3) is 0.192. The Morgan fingerprint density at radius 2 is 1.67 bits per heavy atom. The normalized spacial score (nSPS) is 13.5. The molecular weight excluding hydrogens is 416 g/mol. The van der Waals surface area contributed by atoms with E-state index in [1.807, 2.05) is 56.3 Å². The molecule has 1 aromatic heterocycles. The van der Waals surface area contributed by atoms with Crippen LogP contribution in [-0.4, -0.2) is 42.4 Å². The molecule has 1 aliphatic rings. The third-order valence-electron chi connectivity index (χ3n) is 5.32. The Bertz CT molecular complexity index is 1170. The maximum absolute atomic E-state index is 13.4. The van der Waals surface area contributed by atoms with Crippen LogP contribution in [0.15, 0.2) is 78.6 Å². The summed E-state index contributed by atoms with van der Waals surface area (Å²) in [7, 11) is 3.92. The summed E-state index contributed by atoms with van der Waals surface area (Å²) in [5, 5.41) is 3.19. The lowest BCUT2D eigenvalue weighted by atomic mass is 10.0. The number of carbonyl (C=O) groups excluding carboxylic acids is 2. The Balaban J connectivity index is 1.70. The monoisotopic (exact) mass is 442 g/mol. The van der Waals surface area contributed by atoms with Gasteiger partial charge in [0.1, 0.15) is 11.4 Å². The fourth-order valence-electron chi connectivity index (χ4n) is 3.63. The van der Waals surface area contributed by atoms with Gasteiger partial charge in [-0.2, -0.15) is 0 Å². The molecule has 0 atom stereocenters. The number of anilines is 2. The SMILES string of the molecule is CCOc1ccc(C2=C(Nc3ccc(N(C)C)cc3)C(=O)N(Cc3ccccn3)C2=O)cc1. The second-order valence-corrected chi connectivity index (χ2v) is 7.79. The third kappa shape index (κ3) is 4.72. The van der Waals surface area contributed by atoms with E-state index in [1.165, 1.54) is 4.90 Å². The van der Waals surface area contributed by atoms with Gasteiger partial charge in [-0.05, 0) is 61.0 Å². The number of hydrogen-bond donors (Lipinski definition) is 1. The lowest BCUT2D eigenvalue weighted by Gasteiger charge is -2.15. The summed E-state index contributed by atoms with van der Waals surface area (Å²) in [5.74, 6) is -0.0359. The average Bonchev–Trinajstić information content (AvgIpc) is 3.05. The van der Waals surface area contributed by atoms with Crippen LogP contribution in [-0.2, 0) is 16.1 Å². The molecule has 2 heterocycles. The summed E-state index contributed by atoms with van der Waals surface area (Å²) in [6.45, 7) is 2.56. The number of pyridine rings is 1. The topological polar surface area (TPSA) is 74.8 Å². The second kappa shape index (κ2) is 9.56. The first-order valence-electron chi connectivity index (χ1n) is 10.8. The van der Waals surface area contributed by atoms with Gasteiger partial charge < -0.3 is 15.0 Å². The second-order valence-electron chi connectivity index (χ2n) is 7.79. The van der Waals surface area contributed by atoms with Gasteiger partial charge in [-0.15, -0.1) is 0 Å². The highest BCUT2D eigenvalue weighted by atomic mass is 16.5. The lowest BCUT2D eigenvalue weighted by molar-refractivity contribution is -0.137. The Morgan fingerprint density at radius 3 is 2.27 bits per heavy atom. The van der Waals surface area contributed by atoms with Crippen molar-refractivity contribution in [1.82, 2.24) is 9.88 Å². The zero-order valence-electron chi connectivity index (χ0n) is 18.9. The molecule has 1 N–H and O–H groups in total. The van der Waals surface area contributed by atoms with E-state index in [9.17, 15) is 9.59 Å². The first-order valence-corrected chi connectivity index (χ1v) is 10.8. The molecule has 7 heteroatoms. The quantitative estimate of drug-likeness (QED) is 0.533. The molecule has 3 aromatic rings. The Labute approximate surface area is 193 Å². The lowest BCUT2D eigenvalue weighted by Crippen LogP contribution is -2.32. The fourth-order valence-corrected chi connectivity index (χ4v) is 3.63. The minimum atomic E-state index is -0.383. The molecule has 0 bridgehead atoms. The van der Waals surface area contributed by atoms with Crippen LogP contribution >= 0.6 is 0 Å². The highest BCUT2D eigenvalue weighted by molar-refractivity contribution is 6.36. The molecule has 0 spiro atoms. The highest BCUT2D eigenvalue weighted by Crippen LogP contribution is 2.32. The van der Waals surface area contributed by atoms with Crippen molar-refractivity contribution in [2.45, 2.75) is 13.5 Å². The molecule has 1 aliphatic heterocycles. The van der Waals surface area contributed by atoms with Crippen molar-refractivity contribution in [2.24, 2.45) is 0 Å². The van der Waals surface area contributed by atoms with Crippen molar-refractivity contribution < 1.29 is 14.3 Å². The molecule has 7 nitrogen and oxygen atoms in total. The summed E-state index contributed by atoms with van der Waals surface area (Å²) >= 11 is 0. The standard InChI is InChI=1S/C26H26N4O3/c1-4-33-22-14-8-18(9-15-22)23-24(28-19-10-12-21(13-11-19)29(2)3)26(32)30(25(23)31)17-20-7-5-6-16-27-20/h5-16,28H,4,17H2,1-3H3. The van der Waals surface area contributed by atoms with Gasteiger partial charge in [0.2, 0.25) is 0 Å². The molecule has 0 unspecified atom stereocenters. The van der Waals surface area contributed by atoms with Crippen molar-refractivity contribution in [3.8, 4) is 5.75 Å². The van der Waals surface area contributed by atoms with Crippen LogP contribution in [0.4, 0.5) is 11.4 Å². The molecule has 168 valence electrons. The molecule has 0 saturated carbocycles. The third-order valence-corrected chi connectivity index (χ3v) is 5.32. The Kier molecular flexibility index (Phi) is 6.40. The molecular formula is C26H26N4O3. The van der Waals surface area contributed by atoms with Crippen LogP contribution in [0.25, 0.3) is 5.57 Å². The summed E-state index contributed by atoms with van der Waals surface area (Å²) in [6.07, 6.45) is 1.65. The zero-order chi connectivity index (χ0) is 23.4. The van der Waals surface area contributed by atoms with E-state index in [2.05, 4.69) is 10.3 Å². The van der Waals surface area contributed by atoms with E-state index < -0.39 is 0 Å². The summed E-state index contributed by atoms with van der Waals surface area (Å²) in [5.41, 5.74) is 3.62. The minimum absolute atomic E-state index is 0.101. The van der Waals surface area contributed by atoms with Gasteiger partial charge in [0.05, 0.1) is 24.4 Å². The van der Waals surface area contributed by atoms with Crippen LogP contribution in [0.2, 0.25) is 0 Å². The molecule has 0 fully saturated rings. The van der Waals surface area contributed by atoms with Gasteiger partial charge in [-0.25, -0.2) is 0 Å². The predicted octanol–water partition coefficient (Wildman–Crippen LogP) is 3.94. The van der Waals surface area contributed by atoms with Gasteiger partial charge in [-0.3, -0.25) is 19.5 Å². The van der Waals surface area contributed by atoms with E-state index in [4.69, 9.17) is 4.74 Å². The predicted molar refractivity (Wildman–Crippen MR) is 129 cm³/mol. The number of benzene rings is 2. The van der Waals surface area contributed by atoms with Gasteiger partial charge in [-0.1, -0.05) is 18.2 Å². The van der Waals surface area contributed by atoms with E-state index in [0.29, 0.717) is 29.2 Å². The summed E-state index contributed by atoms with van der Waals surface area (Å²) in [6, 6.07) is 20.3. The maximum Gasteiger partial charge on any atom is 0.278 e. The molecule has 2 aromatic carbocycles. The van der Waals surface area contributed by atoms with Crippen LogP contribution in [0.5, 0.6) is 5.75 Å². The Morgan fingerprint density at radius 1 is 0.939 bits per heavy atom. The first kappa shape index (κ1) is 22.1.